The standard InChI is InChI=1S/C17H24N6O4/c1-17(2)26-12-10(5-18)25-16(13(12)27-17)23-8-21-11-14(19-7-20-15(11)23)22-9-3-4-24-6-9/h7-10,12-13,16H,3-6,18H2,1-2H3,(H,19,20,22). The van der Waals surface area contributed by atoms with Gasteiger partial charge < -0.3 is 30.0 Å². The van der Waals surface area contributed by atoms with Crippen LogP contribution < -0.4 is 11.1 Å². The zero-order valence-electron chi connectivity index (χ0n) is 15.4. The number of hydrogen-bond acceptors (Lipinski definition) is 9. The molecule has 2 aromatic heterocycles. The van der Waals surface area contributed by atoms with Gasteiger partial charge >= 0.3 is 0 Å². The van der Waals surface area contributed by atoms with Crippen LogP contribution >= 0.6 is 0 Å². The van der Waals surface area contributed by atoms with Gasteiger partial charge in [0.2, 0.25) is 0 Å². The summed E-state index contributed by atoms with van der Waals surface area (Å²) in [4.78, 5) is 13.3. The van der Waals surface area contributed by atoms with Gasteiger partial charge in [-0.2, -0.15) is 0 Å². The molecule has 3 saturated heterocycles. The molecule has 0 amide bonds. The lowest BCUT2D eigenvalue weighted by Gasteiger charge is -2.24. The number of rotatable bonds is 4. The second-order valence-electron chi connectivity index (χ2n) is 7.62. The monoisotopic (exact) mass is 376 g/mol. The normalized spacial score (nSPS) is 35.0. The zero-order chi connectivity index (χ0) is 18.6. The molecule has 27 heavy (non-hydrogen) atoms. The molecule has 0 aliphatic carbocycles. The average Bonchev–Trinajstić information content (AvgIpc) is 3.38. The van der Waals surface area contributed by atoms with E-state index < -0.39 is 12.0 Å². The van der Waals surface area contributed by atoms with Gasteiger partial charge in [-0.1, -0.05) is 0 Å². The maximum atomic E-state index is 6.14. The summed E-state index contributed by atoms with van der Waals surface area (Å²) in [5.41, 5.74) is 7.26. The molecule has 10 nitrogen and oxygen atoms in total. The third-order valence-electron chi connectivity index (χ3n) is 5.26. The predicted octanol–water partition coefficient (Wildman–Crippen LogP) is 0.403. The van der Waals surface area contributed by atoms with Crippen LogP contribution in [-0.2, 0) is 18.9 Å². The number of nitrogens with two attached hydrogens (primary N) is 1. The Balaban J connectivity index is 1.48. The number of anilines is 1. The predicted molar refractivity (Wildman–Crippen MR) is 95.0 cm³/mol. The van der Waals surface area contributed by atoms with Crippen LogP contribution in [0, 0.1) is 0 Å². The summed E-state index contributed by atoms with van der Waals surface area (Å²) in [6.07, 6.45) is 3.04. The average molecular weight is 376 g/mol. The van der Waals surface area contributed by atoms with Crippen molar-refractivity contribution in [1.82, 2.24) is 19.5 Å². The Morgan fingerprint density at radius 1 is 1.26 bits per heavy atom. The molecule has 3 fully saturated rings. The first kappa shape index (κ1) is 17.3. The molecule has 0 spiro atoms. The van der Waals surface area contributed by atoms with Crippen LogP contribution in [-0.4, -0.2) is 69.4 Å². The van der Waals surface area contributed by atoms with Crippen molar-refractivity contribution < 1.29 is 18.9 Å². The highest BCUT2D eigenvalue weighted by atomic mass is 16.8. The zero-order valence-corrected chi connectivity index (χ0v) is 15.4. The van der Waals surface area contributed by atoms with E-state index >= 15 is 0 Å². The Morgan fingerprint density at radius 2 is 2.11 bits per heavy atom. The number of imidazole rings is 1. The summed E-state index contributed by atoms with van der Waals surface area (Å²) in [6.45, 7) is 5.58. The summed E-state index contributed by atoms with van der Waals surface area (Å²) in [5, 5.41) is 3.40. The van der Waals surface area contributed by atoms with Crippen LogP contribution in [0.1, 0.15) is 26.5 Å². The van der Waals surface area contributed by atoms with Gasteiger partial charge in [0.15, 0.2) is 29.0 Å². The van der Waals surface area contributed by atoms with Crippen LogP contribution in [0.25, 0.3) is 11.2 Å². The molecule has 3 aliphatic rings. The SMILES string of the molecule is CC1(C)OC2C(CN)OC(n3cnc4c(NC5CCOC5)ncnc43)C2O1. The van der Waals surface area contributed by atoms with E-state index in [1.54, 1.807) is 6.33 Å². The van der Waals surface area contributed by atoms with Crippen molar-refractivity contribution in [2.24, 2.45) is 5.73 Å². The molecular formula is C17H24N6O4. The smallest absolute Gasteiger partial charge is 0.167 e. The van der Waals surface area contributed by atoms with E-state index in [2.05, 4.69) is 20.3 Å². The van der Waals surface area contributed by atoms with Crippen molar-refractivity contribution >= 4 is 17.0 Å². The van der Waals surface area contributed by atoms with Gasteiger partial charge in [0.05, 0.1) is 19.0 Å². The van der Waals surface area contributed by atoms with E-state index in [0.29, 0.717) is 30.1 Å². The Kier molecular flexibility index (Phi) is 4.06. The molecule has 10 heteroatoms. The number of nitrogens with one attached hydrogen (secondary N) is 1. The van der Waals surface area contributed by atoms with Gasteiger partial charge in [0.25, 0.3) is 0 Å². The first-order chi connectivity index (χ1) is 13.1. The van der Waals surface area contributed by atoms with Gasteiger partial charge in [-0.05, 0) is 20.3 Å². The largest absolute Gasteiger partial charge is 0.379 e. The first-order valence-corrected chi connectivity index (χ1v) is 9.29. The Hall–Kier alpha value is -1.85. The second-order valence-corrected chi connectivity index (χ2v) is 7.62. The number of aromatic nitrogens is 4. The van der Waals surface area contributed by atoms with E-state index in [4.69, 9.17) is 24.7 Å². The molecule has 5 heterocycles. The Labute approximate surface area is 156 Å². The van der Waals surface area contributed by atoms with E-state index in [9.17, 15) is 0 Å². The number of nitrogens with zero attached hydrogens (tertiary/aromatic N) is 4. The van der Waals surface area contributed by atoms with Crippen molar-refractivity contribution in [3.05, 3.63) is 12.7 Å². The molecule has 3 aliphatic heterocycles. The Morgan fingerprint density at radius 3 is 2.89 bits per heavy atom. The summed E-state index contributed by atoms with van der Waals surface area (Å²) in [6, 6.07) is 0.231. The molecule has 0 saturated carbocycles. The summed E-state index contributed by atoms with van der Waals surface area (Å²) >= 11 is 0. The molecule has 0 aromatic carbocycles. The van der Waals surface area contributed by atoms with Gasteiger partial charge in [0.1, 0.15) is 24.6 Å². The molecule has 5 unspecified atom stereocenters. The lowest BCUT2D eigenvalue weighted by molar-refractivity contribution is -0.195. The minimum atomic E-state index is -0.675. The van der Waals surface area contributed by atoms with Gasteiger partial charge in [0, 0.05) is 13.2 Å². The fourth-order valence-electron chi connectivity index (χ4n) is 4.06. The molecule has 146 valence electrons. The van der Waals surface area contributed by atoms with Crippen LogP contribution in [0.4, 0.5) is 5.82 Å². The third kappa shape index (κ3) is 2.88. The van der Waals surface area contributed by atoms with Crippen molar-refractivity contribution in [2.75, 3.05) is 25.1 Å². The first-order valence-electron chi connectivity index (χ1n) is 9.29. The summed E-state index contributed by atoms with van der Waals surface area (Å²) in [5.74, 6) is 0.0221. The van der Waals surface area contributed by atoms with Crippen molar-refractivity contribution in [1.29, 1.82) is 0 Å². The maximum absolute atomic E-state index is 6.14. The highest BCUT2D eigenvalue weighted by Gasteiger charge is 2.55. The molecule has 5 atom stereocenters. The van der Waals surface area contributed by atoms with Gasteiger partial charge in [-0.3, -0.25) is 4.57 Å². The van der Waals surface area contributed by atoms with E-state index in [1.807, 2.05) is 18.4 Å². The van der Waals surface area contributed by atoms with Crippen LogP contribution in [0.2, 0.25) is 0 Å². The molecule has 0 bridgehead atoms. The number of hydrogen-bond donors (Lipinski definition) is 2. The minimum Gasteiger partial charge on any atom is -0.379 e. The second kappa shape index (κ2) is 6.35. The molecule has 2 aromatic rings. The highest BCUT2D eigenvalue weighted by Crippen LogP contribution is 2.43. The van der Waals surface area contributed by atoms with E-state index in [1.165, 1.54) is 6.33 Å². The van der Waals surface area contributed by atoms with Crippen LogP contribution in [0.5, 0.6) is 0 Å². The topological polar surface area (TPSA) is 119 Å². The lowest BCUT2D eigenvalue weighted by Crippen LogP contribution is -2.34. The van der Waals surface area contributed by atoms with Gasteiger partial charge in [-0.25, -0.2) is 15.0 Å². The molecule has 5 rings (SSSR count). The number of ether oxygens (including phenoxy) is 4. The van der Waals surface area contributed by atoms with E-state index in [0.717, 1.165) is 13.0 Å². The summed E-state index contributed by atoms with van der Waals surface area (Å²) < 4.78 is 25.6. The quantitative estimate of drug-likeness (QED) is 0.781. The molecule has 0 radical (unpaired) electrons. The Bertz CT molecular complexity index is 836. The van der Waals surface area contributed by atoms with Crippen molar-refractivity contribution in [3.63, 3.8) is 0 Å². The van der Waals surface area contributed by atoms with Gasteiger partial charge in [-0.15, -0.1) is 0 Å². The maximum Gasteiger partial charge on any atom is 0.167 e. The fourth-order valence-corrected chi connectivity index (χ4v) is 4.06. The molecule has 3 N–H and O–H groups in total. The van der Waals surface area contributed by atoms with Crippen LogP contribution in [0.3, 0.4) is 0 Å². The van der Waals surface area contributed by atoms with Crippen molar-refractivity contribution in [2.45, 2.75) is 56.6 Å². The van der Waals surface area contributed by atoms with Crippen molar-refractivity contribution in [3.8, 4) is 0 Å². The summed E-state index contributed by atoms with van der Waals surface area (Å²) in [7, 11) is 0. The highest BCUT2D eigenvalue weighted by molar-refractivity contribution is 5.82. The lowest BCUT2D eigenvalue weighted by atomic mass is 10.1. The fraction of sp³-hybridized carbons (Fsp3) is 0.706. The molecular weight excluding hydrogens is 352 g/mol. The van der Waals surface area contributed by atoms with E-state index in [-0.39, 0.29) is 24.4 Å². The number of fused-ring (bicyclic) bond motifs is 2. The van der Waals surface area contributed by atoms with Crippen LogP contribution in [0.15, 0.2) is 12.7 Å². The minimum absolute atomic E-state index is 0.220. The third-order valence-corrected chi connectivity index (χ3v) is 5.26.